The molecule has 3 rings (SSSR count). The number of nitrogens with two attached hydrogens (primary N) is 1. The van der Waals surface area contributed by atoms with Gasteiger partial charge in [-0.1, -0.05) is 38.1 Å². The number of anilines is 1. The van der Waals surface area contributed by atoms with Crippen molar-refractivity contribution < 1.29 is 4.74 Å². The molecular formula is C20H27N3O. The molecule has 0 amide bonds. The minimum absolute atomic E-state index is 0.279. The Labute approximate surface area is 144 Å². The molecule has 0 aromatic heterocycles. The van der Waals surface area contributed by atoms with E-state index in [-0.39, 0.29) is 6.04 Å². The van der Waals surface area contributed by atoms with Gasteiger partial charge in [0.2, 0.25) is 0 Å². The van der Waals surface area contributed by atoms with E-state index in [0.717, 1.165) is 30.9 Å². The fraction of sp³-hybridized carbons (Fsp3) is 0.400. The van der Waals surface area contributed by atoms with Crippen LogP contribution in [0, 0.1) is 5.92 Å². The van der Waals surface area contributed by atoms with Crippen molar-refractivity contribution in [3.8, 4) is 5.75 Å². The largest absolute Gasteiger partial charge is 0.494 e. The summed E-state index contributed by atoms with van der Waals surface area (Å²) in [7, 11) is 0. The first-order valence-corrected chi connectivity index (χ1v) is 8.71. The first-order valence-electron chi connectivity index (χ1n) is 8.71. The Bertz CT molecular complexity index is 654. The molecule has 2 aromatic rings. The zero-order chi connectivity index (χ0) is 16.9. The van der Waals surface area contributed by atoms with Crippen LogP contribution in [0.4, 0.5) is 5.69 Å². The van der Waals surface area contributed by atoms with Crippen molar-refractivity contribution >= 4 is 5.69 Å². The molecule has 128 valence electrons. The van der Waals surface area contributed by atoms with Crippen LogP contribution in [0.5, 0.6) is 5.75 Å². The average molecular weight is 325 g/mol. The molecule has 1 aliphatic heterocycles. The number of hydrogen-bond acceptors (Lipinski definition) is 4. The van der Waals surface area contributed by atoms with Gasteiger partial charge in [0.25, 0.3) is 0 Å². The van der Waals surface area contributed by atoms with Gasteiger partial charge >= 0.3 is 0 Å². The first kappa shape index (κ1) is 16.8. The molecule has 2 aromatic carbocycles. The highest BCUT2D eigenvalue weighted by atomic mass is 16.5. The zero-order valence-electron chi connectivity index (χ0n) is 14.5. The van der Waals surface area contributed by atoms with Crippen LogP contribution in [0.3, 0.4) is 0 Å². The molecule has 1 fully saturated rings. The fourth-order valence-electron chi connectivity index (χ4n) is 2.96. The van der Waals surface area contributed by atoms with Crippen LogP contribution in [0.2, 0.25) is 0 Å². The van der Waals surface area contributed by atoms with Gasteiger partial charge < -0.3 is 10.5 Å². The molecule has 0 bridgehead atoms. The molecule has 0 spiro atoms. The van der Waals surface area contributed by atoms with Gasteiger partial charge in [0, 0.05) is 17.8 Å². The second kappa shape index (κ2) is 7.69. The highest BCUT2D eigenvalue weighted by Crippen LogP contribution is 2.32. The second-order valence-electron chi connectivity index (χ2n) is 6.90. The normalized spacial score (nSPS) is 20.5. The topological polar surface area (TPSA) is 59.3 Å². The molecule has 0 saturated carbocycles. The fourth-order valence-corrected chi connectivity index (χ4v) is 2.96. The summed E-state index contributed by atoms with van der Waals surface area (Å²) in [5.74, 6) is 1.61. The van der Waals surface area contributed by atoms with Crippen molar-refractivity contribution in [1.82, 2.24) is 10.9 Å². The number of nitrogens with one attached hydrogen (secondary N) is 2. The summed E-state index contributed by atoms with van der Waals surface area (Å²) >= 11 is 0. The summed E-state index contributed by atoms with van der Waals surface area (Å²) in [5.41, 5.74) is 15.9. The highest BCUT2D eigenvalue weighted by molar-refractivity contribution is 5.40. The molecular weight excluding hydrogens is 298 g/mol. The van der Waals surface area contributed by atoms with Crippen LogP contribution < -0.4 is 21.3 Å². The maximum Gasteiger partial charge on any atom is 0.119 e. The molecule has 1 saturated heterocycles. The number of nitrogen functional groups attached to an aromatic ring is 1. The maximum absolute atomic E-state index is 5.88. The average Bonchev–Trinajstić information content (AvgIpc) is 3.05. The lowest BCUT2D eigenvalue weighted by Gasteiger charge is -2.13. The van der Waals surface area contributed by atoms with Crippen LogP contribution in [-0.2, 0) is 0 Å². The number of ether oxygens (including phenoxy) is 1. The standard InChI is InChI=1S/C20H27N3O/c1-14(2)10-11-24-18-5-3-4-16(12-18)20-13-19(22-23-20)15-6-8-17(21)9-7-15/h3-9,12,14,19-20,22-23H,10-11,13,21H2,1-2H3. The van der Waals surface area contributed by atoms with E-state index in [0.29, 0.717) is 12.0 Å². The van der Waals surface area contributed by atoms with E-state index in [2.05, 4.69) is 55.0 Å². The minimum atomic E-state index is 0.279. The van der Waals surface area contributed by atoms with Gasteiger partial charge in [-0.3, -0.25) is 0 Å². The van der Waals surface area contributed by atoms with Crippen LogP contribution in [-0.4, -0.2) is 6.61 Å². The third-order valence-electron chi connectivity index (χ3n) is 4.47. The Kier molecular flexibility index (Phi) is 5.38. The molecule has 4 heteroatoms. The van der Waals surface area contributed by atoms with E-state index in [1.807, 2.05) is 18.2 Å². The van der Waals surface area contributed by atoms with Crippen molar-refractivity contribution in [2.45, 2.75) is 38.8 Å². The predicted molar refractivity (Wildman–Crippen MR) is 98.6 cm³/mol. The Morgan fingerprint density at radius 3 is 2.46 bits per heavy atom. The maximum atomic E-state index is 5.88. The van der Waals surface area contributed by atoms with Gasteiger partial charge in [-0.2, -0.15) is 0 Å². The SMILES string of the molecule is CC(C)CCOc1cccc(C2CC(c3ccc(N)cc3)NN2)c1. The summed E-state index contributed by atoms with van der Waals surface area (Å²) in [4.78, 5) is 0. The van der Waals surface area contributed by atoms with E-state index >= 15 is 0 Å². The van der Waals surface area contributed by atoms with Crippen LogP contribution in [0.25, 0.3) is 0 Å². The lowest BCUT2D eigenvalue weighted by Crippen LogP contribution is -2.26. The Hall–Kier alpha value is -2.04. The monoisotopic (exact) mass is 325 g/mol. The summed E-state index contributed by atoms with van der Waals surface area (Å²) in [6, 6.07) is 17.0. The summed E-state index contributed by atoms with van der Waals surface area (Å²) < 4.78 is 5.88. The third-order valence-corrected chi connectivity index (χ3v) is 4.47. The van der Waals surface area contributed by atoms with E-state index in [9.17, 15) is 0 Å². The van der Waals surface area contributed by atoms with Gasteiger partial charge in [0.15, 0.2) is 0 Å². The van der Waals surface area contributed by atoms with E-state index in [1.54, 1.807) is 0 Å². The van der Waals surface area contributed by atoms with Crippen LogP contribution in [0.1, 0.15) is 49.9 Å². The number of hydrazine groups is 1. The van der Waals surface area contributed by atoms with E-state index < -0.39 is 0 Å². The molecule has 24 heavy (non-hydrogen) atoms. The van der Waals surface area contributed by atoms with Crippen LogP contribution >= 0.6 is 0 Å². The van der Waals surface area contributed by atoms with Crippen molar-refractivity contribution in [2.24, 2.45) is 5.92 Å². The lowest BCUT2D eigenvalue weighted by molar-refractivity contribution is 0.289. The number of hydrogen-bond donors (Lipinski definition) is 3. The predicted octanol–water partition coefficient (Wildman–Crippen LogP) is 3.97. The van der Waals surface area contributed by atoms with Crippen molar-refractivity contribution in [1.29, 1.82) is 0 Å². The Morgan fingerprint density at radius 1 is 1.04 bits per heavy atom. The van der Waals surface area contributed by atoms with Gasteiger partial charge in [-0.05, 0) is 54.2 Å². The van der Waals surface area contributed by atoms with Gasteiger partial charge in [-0.25, -0.2) is 10.9 Å². The minimum Gasteiger partial charge on any atom is -0.494 e. The molecule has 0 aliphatic carbocycles. The highest BCUT2D eigenvalue weighted by Gasteiger charge is 2.26. The summed E-state index contributed by atoms with van der Waals surface area (Å²) in [6.07, 6.45) is 2.08. The molecule has 0 radical (unpaired) electrons. The first-order chi connectivity index (χ1) is 11.6. The van der Waals surface area contributed by atoms with E-state index in [1.165, 1.54) is 11.1 Å². The summed E-state index contributed by atoms with van der Waals surface area (Å²) in [6.45, 7) is 5.20. The lowest BCUT2D eigenvalue weighted by atomic mass is 9.97. The van der Waals surface area contributed by atoms with E-state index in [4.69, 9.17) is 10.5 Å². The smallest absolute Gasteiger partial charge is 0.119 e. The zero-order valence-corrected chi connectivity index (χ0v) is 14.5. The Morgan fingerprint density at radius 2 is 1.75 bits per heavy atom. The quantitative estimate of drug-likeness (QED) is 0.703. The number of benzene rings is 2. The molecule has 2 atom stereocenters. The van der Waals surface area contributed by atoms with Gasteiger partial charge in [0.1, 0.15) is 5.75 Å². The van der Waals surface area contributed by atoms with Gasteiger partial charge in [-0.15, -0.1) is 0 Å². The number of rotatable bonds is 6. The molecule has 4 N–H and O–H groups in total. The van der Waals surface area contributed by atoms with Crippen LogP contribution in [0.15, 0.2) is 48.5 Å². The van der Waals surface area contributed by atoms with Crippen molar-refractivity contribution in [3.05, 3.63) is 59.7 Å². The molecule has 1 heterocycles. The molecule has 4 nitrogen and oxygen atoms in total. The van der Waals surface area contributed by atoms with Crippen molar-refractivity contribution in [3.63, 3.8) is 0 Å². The molecule has 1 aliphatic rings. The Balaban J connectivity index is 1.62. The van der Waals surface area contributed by atoms with Gasteiger partial charge in [0.05, 0.1) is 6.61 Å². The summed E-state index contributed by atoms with van der Waals surface area (Å²) in [5, 5.41) is 0. The third kappa shape index (κ3) is 4.28. The second-order valence-corrected chi connectivity index (χ2v) is 6.90. The molecule has 2 unspecified atom stereocenters. The van der Waals surface area contributed by atoms with Crippen molar-refractivity contribution in [2.75, 3.05) is 12.3 Å².